The highest BCUT2D eigenvalue weighted by molar-refractivity contribution is 9.10. The van der Waals surface area contributed by atoms with Crippen LogP contribution in [0.5, 0.6) is 0 Å². The van der Waals surface area contributed by atoms with E-state index in [2.05, 4.69) is 31.4 Å². The number of carbonyl (C=O) groups excluding carboxylic acids is 1. The van der Waals surface area contributed by atoms with Crippen LogP contribution in [-0.2, 0) is 7.05 Å². The van der Waals surface area contributed by atoms with Crippen molar-refractivity contribution in [1.82, 2.24) is 19.3 Å². The molecule has 0 fully saturated rings. The summed E-state index contributed by atoms with van der Waals surface area (Å²) in [4.78, 5) is 12.8. The third-order valence-electron chi connectivity index (χ3n) is 4.33. The van der Waals surface area contributed by atoms with Gasteiger partial charge in [0, 0.05) is 28.5 Å². The van der Waals surface area contributed by atoms with Gasteiger partial charge in [0.2, 0.25) is 0 Å². The smallest absolute Gasteiger partial charge is 0.272 e. The summed E-state index contributed by atoms with van der Waals surface area (Å²) in [6, 6.07) is 19.2. The summed E-state index contributed by atoms with van der Waals surface area (Å²) >= 11 is 3.57. The van der Waals surface area contributed by atoms with Gasteiger partial charge in [-0.25, -0.2) is 0 Å². The molecule has 134 valence electrons. The minimum atomic E-state index is -0.170. The zero-order valence-electron chi connectivity index (χ0n) is 14.5. The molecule has 0 saturated carbocycles. The molecule has 0 aliphatic rings. The van der Waals surface area contributed by atoms with Gasteiger partial charge in [0.15, 0.2) is 0 Å². The zero-order chi connectivity index (χ0) is 18.8. The number of halogens is 1. The molecule has 27 heavy (non-hydrogen) atoms. The van der Waals surface area contributed by atoms with Crippen LogP contribution in [0, 0.1) is 0 Å². The summed E-state index contributed by atoms with van der Waals surface area (Å²) in [5.41, 5.74) is 4.16. The van der Waals surface area contributed by atoms with E-state index in [1.165, 1.54) is 0 Å². The lowest BCUT2D eigenvalue weighted by molar-refractivity contribution is 0.101. The Morgan fingerprint density at radius 1 is 1.00 bits per heavy atom. The number of benzene rings is 2. The van der Waals surface area contributed by atoms with E-state index in [1.807, 2.05) is 72.3 Å². The number of rotatable bonds is 4. The molecule has 2 aromatic heterocycles. The van der Waals surface area contributed by atoms with Crippen molar-refractivity contribution in [2.24, 2.45) is 7.05 Å². The highest BCUT2D eigenvalue weighted by Gasteiger charge is 2.15. The van der Waals surface area contributed by atoms with Crippen molar-refractivity contribution in [2.75, 3.05) is 5.32 Å². The number of aromatic nitrogens is 4. The molecule has 0 radical (unpaired) electrons. The van der Waals surface area contributed by atoms with E-state index in [-0.39, 0.29) is 5.91 Å². The molecule has 0 atom stereocenters. The molecule has 1 N–H and O–H groups in total. The van der Waals surface area contributed by atoms with Gasteiger partial charge in [-0.1, -0.05) is 40.2 Å². The number of anilines is 1. The van der Waals surface area contributed by atoms with Crippen molar-refractivity contribution < 1.29 is 4.79 Å². The second-order valence-corrected chi connectivity index (χ2v) is 6.87. The molecule has 0 saturated heterocycles. The molecule has 4 rings (SSSR count). The Hall–Kier alpha value is -3.19. The first kappa shape index (κ1) is 17.2. The molecule has 2 aromatic carbocycles. The third kappa shape index (κ3) is 3.41. The van der Waals surface area contributed by atoms with Gasteiger partial charge >= 0.3 is 0 Å². The van der Waals surface area contributed by atoms with E-state index in [1.54, 1.807) is 17.2 Å². The monoisotopic (exact) mass is 421 g/mol. The van der Waals surface area contributed by atoms with Crippen LogP contribution in [0.1, 0.15) is 10.5 Å². The summed E-state index contributed by atoms with van der Waals surface area (Å²) < 4.78 is 4.65. The van der Waals surface area contributed by atoms with Gasteiger partial charge in [-0.2, -0.15) is 0 Å². The van der Waals surface area contributed by atoms with Crippen molar-refractivity contribution in [3.8, 4) is 16.9 Å². The largest absolute Gasteiger partial charge is 0.340 e. The molecule has 0 spiro atoms. The minimum Gasteiger partial charge on any atom is -0.340 e. The predicted molar refractivity (Wildman–Crippen MR) is 108 cm³/mol. The van der Waals surface area contributed by atoms with Gasteiger partial charge in [0.1, 0.15) is 18.3 Å². The second-order valence-electron chi connectivity index (χ2n) is 6.02. The highest BCUT2D eigenvalue weighted by atomic mass is 79.9. The Balaban J connectivity index is 1.60. The molecule has 0 unspecified atom stereocenters. The van der Waals surface area contributed by atoms with Crippen LogP contribution in [-0.4, -0.2) is 25.2 Å². The topological polar surface area (TPSA) is 64.7 Å². The van der Waals surface area contributed by atoms with Crippen LogP contribution in [0.25, 0.3) is 16.9 Å². The minimum absolute atomic E-state index is 0.170. The van der Waals surface area contributed by atoms with Crippen LogP contribution in [0.2, 0.25) is 0 Å². The fraction of sp³-hybridized carbons (Fsp3) is 0.0500. The summed E-state index contributed by atoms with van der Waals surface area (Å²) in [5, 5.41) is 10.6. The maximum Gasteiger partial charge on any atom is 0.272 e. The lowest BCUT2D eigenvalue weighted by Crippen LogP contribution is -2.16. The number of nitrogens with one attached hydrogen (secondary N) is 1. The van der Waals surface area contributed by atoms with E-state index in [0.29, 0.717) is 11.4 Å². The molecule has 2 heterocycles. The highest BCUT2D eigenvalue weighted by Crippen LogP contribution is 2.29. The lowest BCUT2D eigenvalue weighted by atomic mass is 10.1. The molecule has 4 aromatic rings. The molecular formula is C20H16BrN5O. The van der Waals surface area contributed by atoms with Crippen molar-refractivity contribution >= 4 is 27.5 Å². The molecule has 0 aliphatic heterocycles. The van der Waals surface area contributed by atoms with Gasteiger partial charge in [0.25, 0.3) is 5.91 Å². The Labute approximate surface area is 164 Å². The van der Waals surface area contributed by atoms with Crippen LogP contribution in [0.15, 0.2) is 77.8 Å². The number of hydrogen-bond donors (Lipinski definition) is 1. The zero-order valence-corrected chi connectivity index (χ0v) is 16.1. The third-order valence-corrected chi connectivity index (χ3v) is 5.02. The van der Waals surface area contributed by atoms with Crippen LogP contribution >= 0.6 is 15.9 Å². The molecule has 6 nitrogen and oxygen atoms in total. The standard InChI is InChI=1S/C20H16BrN5O/c1-25-18(16-7-2-3-8-17(16)21)9-10-19(25)20(27)24-14-5-4-6-15(11-14)26-12-22-23-13-26/h2-13H,1H3,(H,24,27). The Morgan fingerprint density at radius 2 is 1.78 bits per heavy atom. The predicted octanol–water partition coefficient (Wildman–Crippen LogP) is 4.29. The molecule has 1 amide bonds. The number of carbonyl (C=O) groups is 1. The fourth-order valence-corrected chi connectivity index (χ4v) is 3.44. The maximum absolute atomic E-state index is 12.8. The van der Waals surface area contributed by atoms with Crippen molar-refractivity contribution in [1.29, 1.82) is 0 Å². The Morgan fingerprint density at radius 3 is 2.56 bits per heavy atom. The summed E-state index contributed by atoms with van der Waals surface area (Å²) in [5.74, 6) is -0.170. The van der Waals surface area contributed by atoms with Crippen molar-refractivity contribution in [3.63, 3.8) is 0 Å². The summed E-state index contributed by atoms with van der Waals surface area (Å²) in [6.45, 7) is 0. The average molecular weight is 422 g/mol. The fourth-order valence-electron chi connectivity index (χ4n) is 2.95. The SMILES string of the molecule is Cn1c(C(=O)Nc2cccc(-n3cnnc3)c2)ccc1-c1ccccc1Br. The van der Waals surface area contributed by atoms with Gasteiger partial charge in [-0.15, -0.1) is 10.2 Å². The Bertz CT molecular complexity index is 1100. The number of hydrogen-bond acceptors (Lipinski definition) is 3. The van der Waals surface area contributed by atoms with Gasteiger partial charge in [0.05, 0.1) is 5.69 Å². The first-order chi connectivity index (χ1) is 13.1. The maximum atomic E-state index is 12.8. The van der Waals surface area contributed by atoms with E-state index in [4.69, 9.17) is 0 Å². The van der Waals surface area contributed by atoms with Gasteiger partial charge in [-0.05, 0) is 36.4 Å². The summed E-state index contributed by atoms with van der Waals surface area (Å²) in [6.07, 6.45) is 3.23. The molecule has 0 bridgehead atoms. The molecular weight excluding hydrogens is 406 g/mol. The average Bonchev–Trinajstić information content (AvgIpc) is 3.32. The van der Waals surface area contributed by atoms with Crippen molar-refractivity contribution in [2.45, 2.75) is 0 Å². The van der Waals surface area contributed by atoms with Crippen LogP contribution in [0.3, 0.4) is 0 Å². The van der Waals surface area contributed by atoms with Crippen molar-refractivity contribution in [3.05, 3.63) is 83.5 Å². The second kappa shape index (κ2) is 7.20. The van der Waals surface area contributed by atoms with E-state index < -0.39 is 0 Å². The van der Waals surface area contributed by atoms with E-state index >= 15 is 0 Å². The summed E-state index contributed by atoms with van der Waals surface area (Å²) in [7, 11) is 1.89. The number of nitrogens with zero attached hydrogens (tertiary/aromatic N) is 4. The van der Waals surface area contributed by atoms with E-state index in [9.17, 15) is 4.79 Å². The van der Waals surface area contributed by atoms with Crippen LogP contribution in [0.4, 0.5) is 5.69 Å². The van der Waals surface area contributed by atoms with Gasteiger partial charge in [-0.3, -0.25) is 9.36 Å². The Kier molecular flexibility index (Phi) is 4.60. The quantitative estimate of drug-likeness (QED) is 0.534. The van der Waals surface area contributed by atoms with E-state index in [0.717, 1.165) is 21.4 Å². The normalized spacial score (nSPS) is 10.7. The van der Waals surface area contributed by atoms with Gasteiger partial charge < -0.3 is 9.88 Å². The van der Waals surface area contributed by atoms with Crippen LogP contribution < -0.4 is 5.32 Å². The first-order valence-electron chi connectivity index (χ1n) is 8.30. The number of amides is 1. The lowest BCUT2D eigenvalue weighted by Gasteiger charge is -2.11. The first-order valence-corrected chi connectivity index (χ1v) is 9.10. The molecule has 7 heteroatoms. The molecule has 0 aliphatic carbocycles.